The van der Waals surface area contributed by atoms with Gasteiger partial charge in [-0.25, -0.2) is 0 Å². The van der Waals surface area contributed by atoms with Crippen molar-refractivity contribution in [3.05, 3.63) is 0 Å². The van der Waals surface area contributed by atoms with Crippen molar-refractivity contribution in [3.63, 3.8) is 0 Å². The van der Waals surface area contributed by atoms with Gasteiger partial charge in [0.05, 0.1) is 18.8 Å². The first-order valence-electron chi connectivity index (χ1n) is 7.49. The van der Waals surface area contributed by atoms with Crippen LogP contribution in [0.25, 0.3) is 0 Å². The molecule has 6 heteroatoms. The van der Waals surface area contributed by atoms with Gasteiger partial charge >= 0.3 is 0 Å². The van der Waals surface area contributed by atoms with E-state index in [1.54, 1.807) is 0 Å². The van der Waals surface area contributed by atoms with Gasteiger partial charge in [0.15, 0.2) is 5.84 Å². The predicted octanol–water partition coefficient (Wildman–Crippen LogP) is 0.929. The van der Waals surface area contributed by atoms with Gasteiger partial charge in [0.25, 0.3) is 0 Å². The van der Waals surface area contributed by atoms with Crippen LogP contribution in [-0.4, -0.2) is 47.1 Å². The van der Waals surface area contributed by atoms with Crippen LogP contribution in [0.15, 0.2) is 5.16 Å². The Morgan fingerprint density at radius 2 is 2.20 bits per heavy atom. The van der Waals surface area contributed by atoms with Crippen LogP contribution in [0.4, 0.5) is 0 Å². The molecule has 0 aromatic heterocycles. The van der Waals surface area contributed by atoms with Gasteiger partial charge < -0.3 is 20.6 Å². The van der Waals surface area contributed by atoms with E-state index in [-0.39, 0.29) is 23.9 Å². The molecular weight excluding hydrogens is 258 g/mol. The second-order valence-electron chi connectivity index (χ2n) is 6.49. The standard InChI is InChI=1S/C14H23N3O3/c1-9-7-14(8-9,12(15)16-19)13(18)17-5-6-20-11-4-2-3-10(11)17/h9-11,19H,2-8H2,1H3,(H2,15,16). The lowest BCUT2D eigenvalue weighted by Crippen LogP contribution is -2.62. The van der Waals surface area contributed by atoms with Gasteiger partial charge in [0.2, 0.25) is 5.91 Å². The minimum atomic E-state index is -0.779. The van der Waals surface area contributed by atoms with Gasteiger partial charge in [0.1, 0.15) is 5.41 Å². The summed E-state index contributed by atoms with van der Waals surface area (Å²) in [5.74, 6) is 0.549. The van der Waals surface area contributed by atoms with Crippen LogP contribution in [0.1, 0.15) is 39.0 Å². The van der Waals surface area contributed by atoms with E-state index in [9.17, 15) is 4.79 Å². The number of rotatable bonds is 2. The van der Waals surface area contributed by atoms with E-state index in [2.05, 4.69) is 12.1 Å². The van der Waals surface area contributed by atoms with E-state index in [1.165, 1.54) is 0 Å². The van der Waals surface area contributed by atoms with Gasteiger partial charge in [-0.1, -0.05) is 12.1 Å². The summed E-state index contributed by atoms with van der Waals surface area (Å²) in [6, 6.07) is 0.176. The Labute approximate surface area is 118 Å². The van der Waals surface area contributed by atoms with Crippen molar-refractivity contribution in [2.24, 2.45) is 22.2 Å². The molecule has 3 N–H and O–H groups in total. The summed E-state index contributed by atoms with van der Waals surface area (Å²) in [4.78, 5) is 14.9. The molecule has 0 bridgehead atoms. The van der Waals surface area contributed by atoms with E-state index in [0.717, 1.165) is 19.3 Å². The normalized spacial score (nSPS) is 41.1. The van der Waals surface area contributed by atoms with Gasteiger partial charge in [0, 0.05) is 6.54 Å². The molecule has 3 aliphatic rings. The average Bonchev–Trinajstić information content (AvgIpc) is 2.90. The molecule has 2 aliphatic carbocycles. The van der Waals surface area contributed by atoms with Crippen molar-refractivity contribution < 1.29 is 14.7 Å². The summed E-state index contributed by atoms with van der Waals surface area (Å²) >= 11 is 0. The summed E-state index contributed by atoms with van der Waals surface area (Å²) in [7, 11) is 0. The fraction of sp³-hybridized carbons (Fsp3) is 0.857. The molecule has 0 spiro atoms. The fourth-order valence-electron chi connectivity index (χ4n) is 4.17. The van der Waals surface area contributed by atoms with Crippen LogP contribution in [0.2, 0.25) is 0 Å². The minimum absolute atomic E-state index is 0.0334. The zero-order valence-corrected chi connectivity index (χ0v) is 11.9. The maximum atomic E-state index is 13.0. The molecular formula is C14H23N3O3. The van der Waals surface area contributed by atoms with Crippen molar-refractivity contribution in [1.29, 1.82) is 0 Å². The summed E-state index contributed by atoms with van der Waals surface area (Å²) < 4.78 is 5.75. The highest BCUT2D eigenvalue weighted by Gasteiger charge is 2.55. The maximum Gasteiger partial charge on any atom is 0.236 e. The molecule has 3 rings (SSSR count). The third-order valence-corrected chi connectivity index (χ3v) is 5.14. The number of carbonyl (C=O) groups is 1. The molecule has 3 fully saturated rings. The highest BCUT2D eigenvalue weighted by atomic mass is 16.5. The minimum Gasteiger partial charge on any atom is -0.409 e. The third-order valence-electron chi connectivity index (χ3n) is 5.14. The molecule has 1 saturated heterocycles. The van der Waals surface area contributed by atoms with E-state index in [4.69, 9.17) is 15.7 Å². The highest BCUT2D eigenvalue weighted by molar-refractivity contribution is 6.07. The molecule has 1 amide bonds. The van der Waals surface area contributed by atoms with Gasteiger partial charge in [-0.05, 0) is 38.0 Å². The van der Waals surface area contributed by atoms with Gasteiger partial charge in [-0.2, -0.15) is 0 Å². The predicted molar refractivity (Wildman–Crippen MR) is 73.3 cm³/mol. The maximum absolute atomic E-state index is 13.0. The first-order chi connectivity index (χ1) is 9.58. The number of oxime groups is 1. The lowest BCUT2D eigenvalue weighted by atomic mass is 9.61. The quantitative estimate of drug-likeness (QED) is 0.341. The Morgan fingerprint density at radius 3 is 2.85 bits per heavy atom. The molecule has 6 nitrogen and oxygen atoms in total. The molecule has 0 aromatic rings. The summed E-state index contributed by atoms with van der Waals surface area (Å²) in [5, 5.41) is 12.2. The number of hydrogen-bond acceptors (Lipinski definition) is 4. The van der Waals surface area contributed by atoms with Crippen molar-refractivity contribution in [2.75, 3.05) is 13.2 Å². The van der Waals surface area contributed by atoms with Crippen LogP contribution in [0.5, 0.6) is 0 Å². The Bertz CT molecular complexity index is 431. The first kappa shape index (κ1) is 13.7. The fourth-order valence-corrected chi connectivity index (χ4v) is 4.17. The Hall–Kier alpha value is -1.30. The second-order valence-corrected chi connectivity index (χ2v) is 6.49. The molecule has 0 aromatic carbocycles. The summed E-state index contributed by atoms with van der Waals surface area (Å²) in [5.41, 5.74) is 5.06. The van der Waals surface area contributed by atoms with Gasteiger partial charge in [-0.3, -0.25) is 4.79 Å². The molecule has 1 heterocycles. The second kappa shape index (κ2) is 4.91. The van der Waals surface area contributed by atoms with Crippen LogP contribution >= 0.6 is 0 Å². The number of ether oxygens (including phenoxy) is 1. The molecule has 112 valence electrons. The smallest absolute Gasteiger partial charge is 0.236 e. The monoisotopic (exact) mass is 281 g/mol. The number of amidine groups is 1. The Morgan fingerprint density at radius 1 is 1.45 bits per heavy atom. The number of hydrogen-bond donors (Lipinski definition) is 2. The van der Waals surface area contributed by atoms with E-state index in [0.29, 0.717) is 31.9 Å². The molecule has 2 atom stereocenters. The van der Waals surface area contributed by atoms with Crippen LogP contribution in [0.3, 0.4) is 0 Å². The summed E-state index contributed by atoms with van der Waals surface area (Å²) in [6.45, 7) is 3.30. The first-order valence-corrected chi connectivity index (χ1v) is 7.49. The third kappa shape index (κ3) is 1.89. The average molecular weight is 281 g/mol. The SMILES string of the molecule is CC1CC(C(=O)N2CCOC3CCCC32)(C(N)=NO)C1. The largest absolute Gasteiger partial charge is 0.409 e. The van der Waals surface area contributed by atoms with E-state index < -0.39 is 5.41 Å². The van der Waals surface area contributed by atoms with Crippen LogP contribution in [0, 0.1) is 11.3 Å². The number of fused-ring (bicyclic) bond motifs is 1. The van der Waals surface area contributed by atoms with Crippen LogP contribution < -0.4 is 5.73 Å². The molecule has 20 heavy (non-hydrogen) atoms. The summed E-state index contributed by atoms with van der Waals surface area (Å²) in [6.07, 6.45) is 4.66. The molecule has 2 unspecified atom stereocenters. The van der Waals surface area contributed by atoms with Crippen molar-refractivity contribution in [3.8, 4) is 0 Å². The van der Waals surface area contributed by atoms with E-state index >= 15 is 0 Å². The lowest BCUT2D eigenvalue weighted by Gasteiger charge is -2.49. The number of carbonyl (C=O) groups excluding carboxylic acids is 1. The molecule has 2 saturated carbocycles. The number of nitrogens with two attached hydrogens (primary N) is 1. The van der Waals surface area contributed by atoms with Crippen molar-refractivity contribution >= 4 is 11.7 Å². The van der Waals surface area contributed by atoms with Gasteiger partial charge in [-0.15, -0.1) is 0 Å². The highest BCUT2D eigenvalue weighted by Crippen LogP contribution is 2.48. The van der Waals surface area contributed by atoms with Crippen LogP contribution in [-0.2, 0) is 9.53 Å². The zero-order valence-electron chi connectivity index (χ0n) is 11.9. The Kier molecular flexibility index (Phi) is 3.36. The number of amides is 1. The Balaban J connectivity index is 1.83. The van der Waals surface area contributed by atoms with Crippen molar-refractivity contribution in [2.45, 2.75) is 51.2 Å². The van der Waals surface area contributed by atoms with E-state index in [1.807, 2.05) is 4.90 Å². The number of nitrogens with zero attached hydrogens (tertiary/aromatic N) is 2. The molecule has 1 aliphatic heterocycles. The zero-order chi connectivity index (χ0) is 14.3. The van der Waals surface area contributed by atoms with Crippen molar-refractivity contribution in [1.82, 2.24) is 4.90 Å². The molecule has 0 radical (unpaired) electrons. The lowest BCUT2D eigenvalue weighted by molar-refractivity contribution is -0.157. The topological polar surface area (TPSA) is 88.2 Å². The number of morpholine rings is 1.